The van der Waals surface area contributed by atoms with Crippen LogP contribution in [0.2, 0.25) is 0 Å². The minimum absolute atomic E-state index is 0.0744. The molecule has 0 fully saturated rings. The van der Waals surface area contributed by atoms with Crippen LogP contribution in [0.3, 0.4) is 0 Å². The first-order valence-corrected chi connectivity index (χ1v) is 5.12. The molecule has 0 saturated carbocycles. The highest BCUT2D eigenvalue weighted by Crippen LogP contribution is 2.27. The van der Waals surface area contributed by atoms with Gasteiger partial charge in [-0.1, -0.05) is 13.8 Å². The molecule has 1 aliphatic heterocycles. The van der Waals surface area contributed by atoms with Gasteiger partial charge in [0.05, 0.1) is 12.2 Å². The molecule has 1 aromatic rings. The normalized spacial score (nSPS) is 19.7. The first-order valence-electron chi connectivity index (χ1n) is 5.12. The number of amides is 1. The van der Waals surface area contributed by atoms with Crippen LogP contribution in [0.15, 0.2) is 6.20 Å². The van der Waals surface area contributed by atoms with Crippen LogP contribution in [0.1, 0.15) is 32.5 Å². The average molecular weight is 209 g/mol. The summed E-state index contributed by atoms with van der Waals surface area (Å²) in [7, 11) is 0. The highest BCUT2D eigenvalue weighted by atomic mass is 16.6. The number of fused-ring (bicyclic) bond motifs is 1. The highest BCUT2D eigenvalue weighted by Gasteiger charge is 2.26. The third kappa shape index (κ3) is 1.95. The SMILES string of the molecule is CC(C)Cn1cc2c(n1)C(C)NC(=O)O2. The summed E-state index contributed by atoms with van der Waals surface area (Å²) in [5, 5.41) is 7.05. The summed E-state index contributed by atoms with van der Waals surface area (Å²) < 4.78 is 6.86. The zero-order chi connectivity index (χ0) is 11.0. The Morgan fingerprint density at radius 2 is 2.40 bits per heavy atom. The van der Waals surface area contributed by atoms with Crippen molar-refractivity contribution >= 4 is 6.09 Å². The number of nitrogens with one attached hydrogen (secondary N) is 1. The molecule has 2 heterocycles. The number of aromatic nitrogens is 2. The van der Waals surface area contributed by atoms with Gasteiger partial charge < -0.3 is 10.1 Å². The van der Waals surface area contributed by atoms with E-state index in [0.717, 1.165) is 12.2 Å². The van der Waals surface area contributed by atoms with Gasteiger partial charge in [-0.15, -0.1) is 0 Å². The van der Waals surface area contributed by atoms with Crippen LogP contribution in [0.25, 0.3) is 0 Å². The van der Waals surface area contributed by atoms with E-state index in [9.17, 15) is 4.79 Å². The number of carbonyl (C=O) groups is 1. The molecule has 5 nitrogen and oxygen atoms in total. The standard InChI is InChI=1S/C10H15N3O2/c1-6(2)4-13-5-8-9(12-13)7(3)11-10(14)15-8/h5-7H,4H2,1-3H3,(H,11,14). The van der Waals surface area contributed by atoms with E-state index in [1.807, 2.05) is 11.6 Å². The summed E-state index contributed by atoms with van der Waals surface area (Å²) in [6.07, 6.45) is 1.38. The summed E-state index contributed by atoms with van der Waals surface area (Å²) in [6.45, 7) is 6.96. The molecule has 15 heavy (non-hydrogen) atoms. The number of nitrogens with zero attached hydrogens (tertiary/aromatic N) is 2. The fraction of sp³-hybridized carbons (Fsp3) is 0.600. The Labute approximate surface area is 88.4 Å². The monoisotopic (exact) mass is 209 g/mol. The van der Waals surface area contributed by atoms with Crippen LogP contribution in [-0.2, 0) is 6.54 Å². The lowest BCUT2D eigenvalue weighted by atomic mass is 10.2. The maximum Gasteiger partial charge on any atom is 0.413 e. The molecule has 1 aliphatic rings. The van der Waals surface area contributed by atoms with Gasteiger partial charge in [-0.3, -0.25) is 4.68 Å². The van der Waals surface area contributed by atoms with E-state index in [2.05, 4.69) is 24.3 Å². The molecule has 0 aromatic carbocycles. The second-order valence-corrected chi connectivity index (χ2v) is 4.25. The van der Waals surface area contributed by atoms with Crippen molar-refractivity contribution in [1.82, 2.24) is 15.1 Å². The molecule has 0 saturated heterocycles. The number of rotatable bonds is 2. The first kappa shape index (κ1) is 10.0. The molecule has 1 N–H and O–H groups in total. The fourth-order valence-corrected chi connectivity index (χ4v) is 1.64. The molecule has 82 valence electrons. The second kappa shape index (κ2) is 3.56. The molecule has 2 rings (SSSR count). The van der Waals surface area contributed by atoms with E-state index in [1.54, 1.807) is 6.20 Å². The first-order chi connectivity index (χ1) is 7.06. The Morgan fingerprint density at radius 1 is 1.67 bits per heavy atom. The van der Waals surface area contributed by atoms with Crippen LogP contribution in [-0.4, -0.2) is 15.9 Å². The van der Waals surface area contributed by atoms with E-state index in [0.29, 0.717) is 11.7 Å². The van der Waals surface area contributed by atoms with Gasteiger partial charge in [-0.2, -0.15) is 5.10 Å². The van der Waals surface area contributed by atoms with Crippen molar-refractivity contribution < 1.29 is 9.53 Å². The molecule has 1 amide bonds. The predicted octanol–water partition coefficient (Wildman–Crippen LogP) is 1.70. The molecule has 0 bridgehead atoms. The molecule has 1 atom stereocenters. The van der Waals surface area contributed by atoms with Gasteiger partial charge in [0.1, 0.15) is 5.69 Å². The van der Waals surface area contributed by atoms with Crippen molar-refractivity contribution in [3.8, 4) is 5.75 Å². The molecule has 0 radical (unpaired) electrons. The van der Waals surface area contributed by atoms with Gasteiger partial charge >= 0.3 is 6.09 Å². The largest absolute Gasteiger partial charge is 0.413 e. The van der Waals surface area contributed by atoms with Gasteiger partial charge in [0.25, 0.3) is 0 Å². The maximum atomic E-state index is 11.1. The topological polar surface area (TPSA) is 56.2 Å². The Morgan fingerprint density at radius 3 is 3.07 bits per heavy atom. The molecular formula is C10H15N3O2. The zero-order valence-corrected chi connectivity index (χ0v) is 9.15. The lowest BCUT2D eigenvalue weighted by Gasteiger charge is -2.17. The molecule has 0 spiro atoms. The van der Waals surface area contributed by atoms with E-state index in [4.69, 9.17) is 4.74 Å². The fourth-order valence-electron chi connectivity index (χ4n) is 1.64. The van der Waals surface area contributed by atoms with E-state index >= 15 is 0 Å². The van der Waals surface area contributed by atoms with E-state index in [1.165, 1.54) is 0 Å². The Hall–Kier alpha value is -1.52. The maximum absolute atomic E-state index is 11.1. The second-order valence-electron chi connectivity index (χ2n) is 4.25. The lowest BCUT2D eigenvalue weighted by Crippen LogP contribution is -2.34. The smallest absolute Gasteiger partial charge is 0.407 e. The Kier molecular flexibility index (Phi) is 2.38. The minimum atomic E-state index is -0.404. The highest BCUT2D eigenvalue weighted by molar-refractivity contribution is 5.73. The van der Waals surface area contributed by atoms with Crippen molar-refractivity contribution in [2.75, 3.05) is 0 Å². The summed E-state index contributed by atoms with van der Waals surface area (Å²) >= 11 is 0. The van der Waals surface area contributed by atoms with Crippen molar-refractivity contribution in [3.05, 3.63) is 11.9 Å². The van der Waals surface area contributed by atoms with Crippen molar-refractivity contribution in [2.45, 2.75) is 33.4 Å². The Balaban J connectivity index is 2.26. The van der Waals surface area contributed by atoms with Gasteiger partial charge in [0.15, 0.2) is 5.75 Å². The van der Waals surface area contributed by atoms with Crippen LogP contribution >= 0.6 is 0 Å². The zero-order valence-electron chi connectivity index (χ0n) is 9.15. The summed E-state index contributed by atoms with van der Waals surface area (Å²) in [5.41, 5.74) is 0.801. The van der Waals surface area contributed by atoms with Gasteiger partial charge in [-0.25, -0.2) is 4.79 Å². The summed E-state index contributed by atoms with van der Waals surface area (Å²) in [5.74, 6) is 1.09. The summed E-state index contributed by atoms with van der Waals surface area (Å²) in [4.78, 5) is 11.1. The lowest BCUT2D eigenvalue weighted by molar-refractivity contribution is 0.189. The van der Waals surface area contributed by atoms with Crippen LogP contribution in [0, 0.1) is 5.92 Å². The molecular weight excluding hydrogens is 194 g/mol. The number of ether oxygens (including phenoxy) is 1. The minimum Gasteiger partial charge on any atom is -0.407 e. The van der Waals surface area contributed by atoms with Crippen molar-refractivity contribution in [2.24, 2.45) is 5.92 Å². The van der Waals surface area contributed by atoms with Crippen molar-refractivity contribution in [3.63, 3.8) is 0 Å². The number of hydrogen-bond donors (Lipinski definition) is 1. The van der Waals surface area contributed by atoms with Gasteiger partial charge in [0.2, 0.25) is 0 Å². The predicted molar refractivity (Wildman–Crippen MR) is 54.6 cm³/mol. The van der Waals surface area contributed by atoms with Crippen LogP contribution < -0.4 is 10.1 Å². The summed E-state index contributed by atoms with van der Waals surface area (Å²) in [6, 6.07) is -0.0744. The van der Waals surface area contributed by atoms with Gasteiger partial charge in [-0.05, 0) is 12.8 Å². The number of carbonyl (C=O) groups excluding carboxylic acids is 1. The third-order valence-electron chi connectivity index (χ3n) is 2.25. The average Bonchev–Trinajstić information content (AvgIpc) is 2.45. The molecule has 0 aliphatic carbocycles. The van der Waals surface area contributed by atoms with Crippen LogP contribution in [0.5, 0.6) is 5.75 Å². The van der Waals surface area contributed by atoms with Crippen molar-refractivity contribution in [1.29, 1.82) is 0 Å². The van der Waals surface area contributed by atoms with E-state index < -0.39 is 6.09 Å². The molecule has 1 aromatic heterocycles. The molecule has 5 heteroatoms. The molecule has 1 unspecified atom stereocenters. The van der Waals surface area contributed by atoms with E-state index in [-0.39, 0.29) is 6.04 Å². The third-order valence-corrected chi connectivity index (χ3v) is 2.25. The number of hydrogen-bond acceptors (Lipinski definition) is 3. The quantitative estimate of drug-likeness (QED) is 0.806. The van der Waals surface area contributed by atoms with Gasteiger partial charge in [0, 0.05) is 6.54 Å². The Bertz CT molecular complexity index is 384. The van der Waals surface area contributed by atoms with Crippen LogP contribution in [0.4, 0.5) is 4.79 Å².